The number of hydrogen-bond acceptors (Lipinski definition) is 2. The number of halogens is 3. The summed E-state index contributed by atoms with van der Waals surface area (Å²) in [4.78, 5) is 11.8. The van der Waals surface area contributed by atoms with Crippen LogP contribution in [0, 0.1) is 0 Å². The summed E-state index contributed by atoms with van der Waals surface area (Å²) in [5, 5.41) is 8.65. The van der Waals surface area contributed by atoms with Gasteiger partial charge in [0.1, 0.15) is 6.54 Å². The maximum Gasteiger partial charge on any atom is 0.418 e. The molecule has 0 unspecified atom stereocenters. The van der Waals surface area contributed by atoms with E-state index in [9.17, 15) is 18.0 Å². The topological polar surface area (TPSA) is 40.5 Å². The molecule has 0 aromatic heterocycles. The van der Waals surface area contributed by atoms with Crippen LogP contribution in [0.2, 0.25) is 0 Å². The molecular weight excluding hydrogens is 235 g/mol. The first-order chi connectivity index (χ1) is 7.86. The Bertz CT molecular complexity index is 404. The number of para-hydroxylation sites is 1. The van der Waals surface area contributed by atoms with Crippen LogP contribution in [0.4, 0.5) is 18.9 Å². The second-order valence-corrected chi connectivity index (χ2v) is 3.42. The number of benzene rings is 1. The third-order valence-electron chi connectivity index (χ3n) is 2.26. The Hall–Kier alpha value is -1.72. The van der Waals surface area contributed by atoms with Gasteiger partial charge >= 0.3 is 12.1 Å². The lowest BCUT2D eigenvalue weighted by Gasteiger charge is -2.24. The number of anilines is 1. The fourth-order valence-corrected chi connectivity index (χ4v) is 1.52. The third kappa shape index (κ3) is 3.37. The smallest absolute Gasteiger partial charge is 0.418 e. The SMILES string of the molecule is CCN(CC(=O)O)c1ccccc1C(F)(F)F. The molecule has 0 saturated carbocycles. The molecule has 0 aliphatic heterocycles. The van der Waals surface area contributed by atoms with Crippen molar-refractivity contribution in [3.05, 3.63) is 29.8 Å². The fraction of sp³-hybridized carbons (Fsp3) is 0.364. The van der Waals surface area contributed by atoms with Crippen LogP contribution in [0.15, 0.2) is 24.3 Å². The Morgan fingerprint density at radius 2 is 1.94 bits per heavy atom. The molecule has 1 N–H and O–H groups in total. The molecule has 0 radical (unpaired) electrons. The molecule has 17 heavy (non-hydrogen) atoms. The molecule has 1 aromatic carbocycles. The van der Waals surface area contributed by atoms with E-state index in [2.05, 4.69) is 0 Å². The van der Waals surface area contributed by atoms with E-state index in [4.69, 9.17) is 5.11 Å². The number of carboxylic acids is 1. The van der Waals surface area contributed by atoms with E-state index in [1.807, 2.05) is 0 Å². The molecule has 0 aliphatic rings. The number of carboxylic acid groups (broad SMARTS) is 1. The van der Waals surface area contributed by atoms with E-state index in [-0.39, 0.29) is 12.2 Å². The van der Waals surface area contributed by atoms with Crippen LogP contribution in [-0.4, -0.2) is 24.2 Å². The van der Waals surface area contributed by atoms with Crippen LogP contribution >= 0.6 is 0 Å². The Morgan fingerprint density at radius 3 is 2.41 bits per heavy atom. The van der Waals surface area contributed by atoms with Gasteiger partial charge in [-0.3, -0.25) is 4.79 Å². The lowest BCUT2D eigenvalue weighted by atomic mass is 10.1. The molecule has 94 valence electrons. The summed E-state index contributed by atoms with van der Waals surface area (Å²) in [5.74, 6) is -1.16. The summed E-state index contributed by atoms with van der Waals surface area (Å²) in [6.45, 7) is 1.35. The second kappa shape index (κ2) is 5.07. The van der Waals surface area contributed by atoms with Crippen molar-refractivity contribution in [1.29, 1.82) is 0 Å². The molecule has 0 heterocycles. The Balaban J connectivity index is 3.15. The van der Waals surface area contributed by atoms with Crippen molar-refractivity contribution in [3.63, 3.8) is 0 Å². The largest absolute Gasteiger partial charge is 0.480 e. The molecular formula is C11H12F3NO2. The van der Waals surface area contributed by atoms with Gasteiger partial charge in [-0.05, 0) is 19.1 Å². The highest BCUT2D eigenvalue weighted by Crippen LogP contribution is 2.36. The van der Waals surface area contributed by atoms with Crippen molar-refractivity contribution in [1.82, 2.24) is 0 Å². The van der Waals surface area contributed by atoms with Crippen LogP contribution in [-0.2, 0) is 11.0 Å². The van der Waals surface area contributed by atoms with Crippen LogP contribution in [0.3, 0.4) is 0 Å². The van der Waals surface area contributed by atoms with Gasteiger partial charge < -0.3 is 10.0 Å². The van der Waals surface area contributed by atoms with Crippen LogP contribution in [0.1, 0.15) is 12.5 Å². The summed E-state index contributed by atoms with van der Waals surface area (Å²) < 4.78 is 38.1. The van der Waals surface area contributed by atoms with Gasteiger partial charge in [0.15, 0.2) is 0 Å². The van der Waals surface area contributed by atoms with Crippen molar-refractivity contribution >= 4 is 11.7 Å². The highest BCUT2D eigenvalue weighted by atomic mass is 19.4. The van der Waals surface area contributed by atoms with Gasteiger partial charge in [-0.15, -0.1) is 0 Å². The van der Waals surface area contributed by atoms with E-state index in [1.165, 1.54) is 23.1 Å². The van der Waals surface area contributed by atoms with E-state index >= 15 is 0 Å². The summed E-state index contributed by atoms with van der Waals surface area (Å²) >= 11 is 0. The quantitative estimate of drug-likeness (QED) is 0.889. The summed E-state index contributed by atoms with van der Waals surface area (Å²) in [6.07, 6.45) is -4.48. The number of carbonyl (C=O) groups is 1. The van der Waals surface area contributed by atoms with E-state index in [0.29, 0.717) is 0 Å². The number of nitrogens with zero attached hydrogens (tertiary/aromatic N) is 1. The van der Waals surface area contributed by atoms with Crippen molar-refractivity contribution in [3.8, 4) is 0 Å². The first-order valence-electron chi connectivity index (χ1n) is 4.99. The van der Waals surface area contributed by atoms with Crippen molar-refractivity contribution < 1.29 is 23.1 Å². The summed E-state index contributed by atoms with van der Waals surface area (Å²) in [5.41, 5.74) is -0.923. The maximum absolute atomic E-state index is 12.7. The molecule has 1 aromatic rings. The number of aliphatic carboxylic acids is 1. The average Bonchev–Trinajstić information content (AvgIpc) is 2.24. The van der Waals surface area contributed by atoms with Crippen molar-refractivity contribution in [2.45, 2.75) is 13.1 Å². The van der Waals surface area contributed by atoms with Gasteiger partial charge in [-0.25, -0.2) is 0 Å². The van der Waals surface area contributed by atoms with Gasteiger partial charge in [0, 0.05) is 12.2 Å². The molecule has 1 rings (SSSR count). The summed E-state index contributed by atoms with van der Waals surface area (Å²) in [6, 6.07) is 4.95. The first kappa shape index (κ1) is 13.3. The fourth-order valence-electron chi connectivity index (χ4n) is 1.52. The summed E-state index contributed by atoms with van der Waals surface area (Å²) in [7, 11) is 0. The highest BCUT2D eigenvalue weighted by molar-refractivity contribution is 5.74. The molecule has 0 bridgehead atoms. The van der Waals surface area contributed by atoms with Crippen molar-refractivity contribution in [2.75, 3.05) is 18.0 Å². The predicted molar refractivity (Wildman–Crippen MR) is 57.0 cm³/mol. The van der Waals surface area contributed by atoms with Gasteiger partial charge in [0.25, 0.3) is 0 Å². The number of hydrogen-bond donors (Lipinski definition) is 1. The van der Waals surface area contributed by atoms with Crippen LogP contribution in [0.5, 0.6) is 0 Å². The van der Waals surface area contributed by atoms with E-state index in [1.54, 1.807) is 6.92 Å². The van der Waals surface area contributed by atoms with Gasteiger partial charge in [0.05, 0.1) is 5.56 Å². The maximum atomic E-state index is 12.7. The number of alkyl halides is 3. The van der Waals surface area contributed by atoms with Gasteiger partial charge in [0.2, 0.25) is 0 Å². The monoisotopic (exact) mass is 247 g/mol. The van der Waals surface area contributed by atoms with Crippen LogP contribution < -0.4 is 4.90 Å². The zero-order valence-corrected chi connectivity index (χ0v) is 9.16. The standard InChI is InChI=1S/C11H12F3NO2/c1-2-15(7-10(16)17)9-6-4-3-5-8(9)11(12,13)14/h3-6H,2,7H2,1H3,(H,16,17). The molecule has 0 aliphatic carbocycles. The second-order valence-electron chi connectivity index (χ2n) is 3.42. The molecule has 6 heteroatoms. The van der Waals surface area contributed by atoms with Crippen molar-refractivity contribution in [2.24, 2.45) is 0 Å². The first-order valence-corrected chi connectivity index (χ1v) is 4.99. The van der Waals surface area contributed by atoms with Crippen LogP contribution in [0.25, 0.3) is 0 Å². The molecule has 0 fully saturated rings. The average molecular weight is 247 g/mol. The van der Waals surface area contributed by atoms with Gasteiger partial charge in [-0.2, -0.15) is 13.2 Å². The molecule has 0 atom stereocenters. The Labute approximate surface area is 96.5 Å². The lowest BCUT2D eigenvalue weighted by molar-refractivity contribution is -0.138. The van der Waals surface area contributed by atoms with Gasteiger partial charge in [-0.1, -0.05) is 12.1 Å². The van der Waals surface area contributed by atoms with E-state index < -0.39 is 24.3 Å². The minimum absolute atomic E-state index is 0.107. The molecule has 0 saturated heterocycles. The minimum Gasteiger partial charge on any atom is -0.480 e. The van der Waals surface area contributed by atoms with E-state index in [0.717, 1.165) is 6.07 Å². The predicted octanol–water partition coefficient (Wildman–Crippen LogP) is 2.62. The Kier molecular flexibility index (Phi) is 3.98. The normalized spacial score (nSPS) is 11.3. The number of rotatable bonds is 4. The third-order valence-corrected chi connectivity index (χ3v) is 2.26. The molecule has 0 spiro atoms. The zero-order valence-electron chi connectivity index (χ0n) is 9.16. The molecule has 3 nitrogen and oxygen atoms in total. The number of likely N-dealkylation sites (N-methyl/N-ethyl adjacent to an activating group) is 1. The zero-order chi connectivity index (χ0) is 13.1. The minimum atomic E-state index is -4.48. The lowest BCUT2D eigenvalue weighted by Crippen LogP contribution is -2.31. The Morgan fingerprint density at radius 1 is 1.35 bits per heavy atom. The highest BCUT2D eigenvalue weighted by Gasteiger charge is 2.34. The molecule has 0 amide bonds.